The van der Waals surface area contributed by atoms with Gasteiger partial charge in [0.2, 0.25) is 0 Å². The summed E-state index contributed by atoms with van der Waals surface area (Å²) in [6.07, 6.45) is 1.58. The number of aryl methyl sites for hydroxylation is 1. The molecule has 0 aliphatic carbocycles. The number of nitrogens with zero attached hydrogens (tertiary/aromatic N) is 1. The van der Waals surface area contributed by atoms with Gasteiger partial charge in [-0.05, 0) is 17.5 Å². The zero-order valence-corrected chi connectivity index (χ0v) is 8.67. The first-order valence-electron chi connectivity index (χ1n) is 4.81. The molecule has 0 atom stereocenters. The van der Waals surface area contributed by atoms with Crippen LogP contribution in [0.3, 0.4) is 0 Å². The minimum atomic E-state index is 0.518. The largest absolute Gasteiger partial charge is 0.198 e. The SMILES string of the molecule is CC.CCc1ccc(CC#N)cc1. The summed E-state index contributed by atoms with van der Waals surface area (Å²) in [5, 5.41) is 8.40. The van der Waals surface area contributed by atoms with Crippen molar-refractivity contribution in [2.45, 2.75) is 33.6 Å². The van der Waals surface area contributed by atoms with E-state index >= 15 is 0 Å². The molecule has 0 aromatic heterocycles. The predicted molar refractivity (Wildman–Crippen MR) is 56.5 cm³/mol. The fourth-order valence-corrected chi connectivity index (χ4v) is 0.984. The zero-order chi connectivity index (χ0) is 10.1. The molecule has 0 fully saturated rings. The molecule has 13 heavy (non-hydrogen) atoms. The second-order valence-electron chi connectivity index (χ2n) is 2.50. The number of rotatable bonds is 2. The molecule has 1 nitrogen and oxygen atoms in total. The van der Waals surface area contributed by atoms with Crippen LogP contribution in [0.2, 0.25) is 0 Å². The van der Waals surface area contributed by atoms with Crippen LogP contribution < -0.4 is 0 Å². The van der Waals surface area contributed by atoms with E-state index in [9.17, 15) is 0 Å². The van der Waals surface area contributed by atoms with Crippen LogP contribution in [0, 0.1) is 11.3 Å². The van der Waals surface area contributed by atoms with Gasteiger partial charge in [-0.3, -0.25) is 0 Å². The summed E-state index contributed by atoms with van der Waals surface area (Å²) in [7, 11) is 0. The van der Waals surface area contributed by atoms with Gasteiger partial charge in [-0.25, -0.2) is 0 Å². The van der Waals surface area contributed by atoms with E-state index in [-0.39, 0.29) is 0 Å². The summed E-state index contributed by atoms with van der Waals surface area (Å²) >= 11 is 0. The maximum atomic E-state index is 8.40. The van der Waals surface area contributed by atoms with Gasteiger partial charge in [-0.2, -0.15) is 5.26 Å². The normalized spacial score (nSPS) is 8.15. The highest BCUT2D eigenvalue weighted by atomic mass is 14.2. The van der Waals surface area contributed by atoms with Crippen molar-refractivity contribution in [3.63, 3.8) is 0 Å². The molecule has 0 saturated heterocycles. The average Bonchev–Trinajstić information content (AvgIpc) is 2.23. The predicted octanol–water partition coefficient (Wildman–Crippen LogP) is 3.34. The topological polar surface area (TPSA) is 23.8 Å². The second kappa shape index (κ2) is 7.36. The van der Waals surface area contributed by atoms with Gasteiger partial charge in [0.05, 0.1) is 12.5 Å². The molecule has 0 N–H and O–H groups in total. The van der Waals surface area contributed by atoms with E-state index in [0.29, 0.717) is 6.42 Å². The van der Waals surface area contributed by atoms with Gasteiger partial charge in [0.25, 0.3) is 0 Å². The van der Waals surface area contributed by atoms with Crippen LogP contribution in [-0.2, 0) is 12.8 Å². The van der Waals surface area contributed by atoms with Crippen molar-refractivity contribution in [2.75, 3.05) is 0 Å². The highest BCUT2D eigenvalue weighted by Crippen LogP contribution is 2.04. The van der Waals surface area contributed by atoms with E-state index in [1.165, 1.54) is 5.56 Å². The first-order chi connectivity index (χ1) is 6.36. The number of nitriles is 1. The summed E-state index contributed by atoms with van der Waals surface area (Å²) in [4.78, 5) is 0. The number of hydrogen-bond donors (Lipinski definition) is 0. The quantitative estimate of drug-likeness (QED) is 0.676. The third-order valence-corrected chi connectivity index (χ3v) is 1.71. The summed E-state index contributed by atoms with van der Waals surface area (Å²) in [5.74, 6) is 0. The molecule has 0 heterocycles. The summed E-state index contributed by atoms with van der Waals surface area (Å²) in [6.45, 7) is 6.12. The lowest BCUT2D eigenvalue weighted by Gasteiger charge is -1.96. The molecule has 0 saturated carbocycles. The van der Waals surface area contributed by atoms with Crippen LogP contribution >= 0.6 is 0 Å². The molecule has 0 spiro atoms. The third-order valence-electron chi connectivity index (χ3n) is 1.71. The lowest BCUT2D eigenvalue weighted by atomic mass is 10.1. The Kier molecular flexibility index (Phi) is 6.63. The van der Waals surface area contributed by atoms with Gasteiger partial charge in [0.15, 0.2) is 0 Å². The summed E-state index contributed by atoms with van der Waals surface area (Å²) < 4.78 is 0. The Bertz CT molecular complexity index is 253. The van der Waals surface area contributed by atoms with Gasteiger partial charge in [-0.15, -0.1) is 0 Å². The molecule has 0 aliphatic rings. The van der Waals surface area contributed by atoms with Gasteiger partial charge >= 0.3 is 0 Å². The first kappa shape index (κ1) is 11.7. The van der Waals surface area contributed by atoms with Crippen molar-refractivity contribution in [3.05, 3.63) is 35.4 Å². The van der Waals surface area contributed by atoms with Crippen LogP contribution in [0.1, 0.15) is 31.9 Å². The molecule has 1 aromatic carbocycles. The minimum absolute atomic E-state index is 0.518. The van der Waals surface area contributed by atoms with Gasteiger partial charge in [-0.1, -0.05) is 45.0 Å². The van der Waals surface area contributed by atoms with Gasteiger partial charge in [0, 0.05) is 0 Å². The van der Waals surface area contributed by atoms with Crippen molar-refractivity contribution in [1.29, 1.82) is 5.26 Å². The van der Waals surface area contributed by atoms with E-state index in [4.69, 9.17) is 5.26 Å². The van der Waals surface area contributed by atoms with Crippen LogP contribution in [0.5, 0.6) is 0 Å². The molecule has 0 aliphatic heterocycles. The summed E-state index contributed by atoms with van der Waals surface area (Å²) in [6, 6.07) is 10.3. The molecule has 0 radical (unpaired) electrons. The molecule has 1 rings (SSSR count). The average molecular weight is 175 g/mol. The third kappa shape index (κ3) is 4.32. The minimum Gasteiger partial charge on any atom is -0.198 e. The Morgan fingerprint density at radius 2 is 1.54 bits per heavy atom. The Morgan fingerprint density at radius 1 is 1.08 bits per heavy atom. The molecule has 0 unspecified atom stereocenters. The van der Waals surface area contributed by atoms with E-state index < -0.39 is 0 Å². The van der Waals surface area contributed by atoms with E-state index in [1.54, 1.807) is 0 Å². The van der Waals surface area contributed by atoms with E-state index in [1.807, 2.05) is 26.0 Å². The summed E-state index contributed by atoms with van der Waals surface area (Å²) in [5.41, 5.74) is 2.43. The second-order valence-corrected chi connectivity index (χ2v) is 2.50. The smallest absolute Gasteiger partial charge is 0.0669 e. The molecule has 1 aromatic rings. The number of benzene rings is 1. The van der Waals surface area contributed by atoms with Crippen LogP contribution in [0.4, 0.5) is 0 Å². The monoisotopic (exact) mass is 175 g/mol. The molecule has 1 heteroatoms. The first-order valence-corrected chi connectivity index (χ1v) is 4.81. The Hall–Kier alpha value is -1.29. The van der Waals surface area contributed by atoms with Crippen LogP contribution in [0.15, 0.2) is 24.3 Å². The van der Waals surface area contributed by atoms with E-state index in [0.717, 1.165) is 12.0 Å². The van der Waals surface area contributed by atoms with Crippen molar-refractivity contribution in [1.82, 2.24) is 0 Å². The fraction of sp³-hybridized carbons (Fsp3) is 0.417. The lowest BCUT2D eigenvalue weighted by molar-refractivity contribution is 1.13. The fourth-order valence-electron chi connectivity index (χ4n) is 0.984. The standard InChI is InChI=1S/C10H11N.C2H6/c1-2-9-3-5-10(6-4-9)7-8-11;1-2/h3-6H,2,7H2,1H3;1-2H3. The van der Waals surface area contributed by atoms with Crippen molar-refractivity contribution >= 4 is 0 Å². The molecule has 0 bridgehead atoms. The van der Waals surface area contributed by atoms with Crippen LogP contribution in [0.25, 0.3) is 0 Å². The molecule has 70 valence electrons. The van der Waals surface area contributed by atoms with Gasteiger partial charge in [0.1, 0.15) is 0 Å². The molecule has 0 amide bonds. The Labute approximate surface area is 81.0 Å². The lowest BCUT2D eigenvalue weighted by Crippen LogP contribution is -1.83. The maximum absolute atomic E-state index is 8.40. The highest BCUT2D eigenvalue weighted by Gasteiger charge is 1.90. The Morgan fingerprint density at radius 3 is 1.92 bits per heavy atom. The maximum Gasteiger partial charge on any atom is 0.0669 e. The Balaban J connectivity index is 0.000000671. The van der Waals surface area contributed by atoms with Crippen LogP contribution in [-0.4, -0.2) is 0 Å². The molecular formula is C12H17N. The van der Waals surface area contributed by atoms with Crippen molar-refractivity contribution in [3.8, 4) is 6.07 Å². The van der Waals surface area contributed by atoms with Gasteiger partial charge < -0.3 is 0 Å². The zero-order valence-electron chi connectivity index (χ0n) is 8.67. The van der Waals surface area contributed by atoms with Crippen molar-refractivity contribution in [2.24, 2.45) is 0 Å². The molecular weight excluding hydrogens is 158 g/mol. The highest BCUT2D eigenvalue weighted by molar-refractivity contribution is 5.24. The number of hydrogen-bond acceptors (Lipinski definition) is 1. The van der Waals surface area contributed by atoms with Crippen molar-refractivity contribution < 1.29 is 0 Å². The van der Waals surface area contributed by atoms with E-state index in [2.05, 4.69) is 25.1 Å².